The lowest BCUT2D eigenvalue weighted by molar-refractivity contribution is -0.139. The van der Waals surface area contributed by atoms with Gasteiger partial charge in [0, 0.05) is 43.8 Å². The molecule has 1 aliphatic carbocycles. The van der Waals surface area contributed by atoms with E-state index in [-0.39, 0.29) is 29.3 Å². The predicted molar refractivity (Wildman–Crippen MR) is 159 cm³/mol. The van der Waals surface area contributed by atoms with Crippen LogP contribution in [0.15, 0.2) is 54.6 Å². The summed E-state index contributed by atoms with van der Waals surface area (Å²) in [5.41, 5.74) is 2.17. The average molecular weight is 549 g/mol. The highest BCUT2D eigenvalue weighted by Gasteiger charge is 2.53. The summed E-state index contributed by atoms with van der Waals surface area (Å²) < 4.78 is 5.45. The maximum atomic E-state index is 13.7. The molecule has 2 aromatic rings. The molecule has 0 aromatic heterocycles. The molecule has 0 radical (unpaired) electrons. The van der Waals surface area contributed by atoms with Gasteiger partial charge in [-0.1, -0.05) is 62.7 Å². The van der Waals surface area contributed by atoms with E-state index in [9.17, 15) is 14.7 Å². The van der Waals surface area contributed by atoms with Crippen molar-refractivity contribution < 1.29 is 19.4 Å². The van der Waals surface area contributed by atoms with Crippen LogP contribution in [0.5, 0.6) is 5.75 Å². The summed E-state index contributed by atoms with van der Waals surface area (Å²) in [6.07, 6.45) is 6.42. The number of rotatable bonds is 11. The van der Waals surface area contributed by atoms with Crippen LogP contribution < -0.4 is 4.74 Å². The van der Waals surface area contributed by atoms with Crippen LogP contribution >= 0.6 is 0 Å². The van der Waals surface area contributed by atoms with Gasteiger partial charge in [-0.3, -0.25) is 9.59 Å². The average Bonchev–Trinajstić information content (AvgIpc) is 2.92. The van der Waals surface area contributed by atoms with Gasteiger partial charge in [-0.2, -0.15) is 0 Å². The first-order valence-corrected chi connectivity index (χ1v) is 15.2. The van der Waals surface area contributed by atoms with Crippen LogP contribution in [0.2, 0.25) is 0 Å². The smallest absolute Gasteiger partial charge is 0.308 e. The molecule has 0 bridgehead atoms. The third kappa shape index (κ3) is 7.52. The molecule has 0 spiro atoms. The van der Waals surface area contributed by atoms with Crippen LogP contribution in [0.4, 0.5) is 0 Å². The van der Waals surface area contributed by atoms with Crippen molar-refractivity contribution >= 4 is 11.9 Å². The quantitative estimate of drug-likeness (QED) is 0.225. The Labute approximate surface area is 240 Å². The highest BCUT2D eigenvalue weighted by molar-refractivity contribution is 5.76. The summed E-state index contributed by atoms with van der Waals surface area (Å²) in [5, 5.41) is 11.6. The molecule has 1 saturated heterocycles. The van der Waals surface area contributed by atoms with Gasteiger partial charge in [0.2, 0.25) is 5.91 Å². The molecular weight excluding hydrogens is 500 g/mol. The monoisotopic (exact) mass is 548 g/mol. The molecule has 4 unspecified atom stereocenters. The molecule has 40 heavy (non-hydrogen) atoms. The second-order valence-corrected chi connectivity index (χ2v) is 12.5. The second kappa shape index (κ2) is 13.8. The summed E-state index contributed by atoms with van der Waals surface area (Å²) in [4.78, 5) is 29.8. The molecule has 4 rings (SSSR count). The van der Waals surface area contributed by atoms with Crippen LogP contribution in [0, 0.1) is 11.8 Å². The fourth-order valence-electron chi connectivity index (χ4n) is 7.04. The number of hydrogen-bond acceptors (Lipinski definition) is 5. The van der Waals surface area contributed by atoms with Gasteiger partial charge in [-0.25, -0.2) is 0 Å². The molecule has 218 valence electrons. The summed E-state index contributed by atoms with van der Waals surface area (Å²) in [6, 6.07) is 18.4. The van der Waals surface area contributed by atoms with Crippen molar-refractivity contribution in [3.05, 3.63) is 65.7 Å². The molecule has 1 heterocycles. The van der Waals surface area contributed by atoms with Gasteiger partial charge in [0.05, 0.1) is 6.10 Å². The molecular formula is C34H48N2O4. The number of likely N-dealkylation sites (tertiary alicyclic amines) is 1. The summed E-state index contributed by atoms with van der Waals surface area (Å²) >= 11 is 0. The Morgan fingerprint density at radius 3 is 2.60 bits per heavy atom. The zero-order valence-electron chi connectivity index (χ0n) is 24.9. The fourth-order valence-corrected chi connectivity index (χ4v) is 7.04. The highest BCUT2D eigenvalue weighted by Crippen LogP contribution is 2.50. The Bertz CT molecular complexity index is 1120. The van der Waals surface area contributed by atoms with Gasteiger partial charge in [-0.15, -0.1) is 0 Å². The number of amides is 1. The van der Waals surface area contributed by atoms with Gasteiger partial charge < -0.3 is 19.6 Å². The van der Waals surface area contributed by atoms with Gasteiger partial charge in [0.15, 0.2) is 0 Å². The Morgan fingerprint density at radius 2 is 1.88 bits per heavy atom. The lowest BCUT2D eigenvalue weighted by atomic mass is 9.56. The molecule has 1 aliphatic heterocycles. The molecule has 1 amide bonds. The second-order valence-electron chi connectivity index (χ2n) is 12.5. The number of hydrogen-bond donors (Lipinski definition) is 1. The Morgan fingerprint density at radius 1 is 1.10 bits per heavy atom. The topological polar surface area (TPSA) is 70.1 Å². The highest BCUT2D eigenvalue weighted by atomic mass is 16.5. The van der Waals surface area contributed by atoms with Crippen LogP contribution in [0.3, 0.4) is 0 Å². The summed E-state index contributed by atoms with van der Waals surface area (Å²) in [5.74, 6) is 0.815. The predicted octanol–water partition coefficient (Wildman–Crippen LogP) is 5.61. The van der Waals surface area contributed by atoms with Crippen molar-refractivity contribution in [1.82, 2.24) is 9.80 Å². The first kappa shape index (κ1) is 30.3. The first-order chi connectivity index (χ1) is 19.2. The SMILES string of the molecule is CC(=O)Oc1cccc(C23CCN(C)CC2C(O)CC(N(CC(C)C)C(=O)CCCCCc2ccccc2)C3)c1. The number of unbranched alkanes of at least 4 members (excludes halogenated alkanes) is 2. The maximum Gasteiger partial charge on any atom is 0.308 e. The Kier molecular flexibility index (Phi) is 10.4. The number of fused-ring (bicyclic) bond motifs is 1. The van der Waals surface area contributed by atoms with Crippen LogP contribution in [-0.4, -0.2) is 65.6 Å². The number of nitrogens with zero attached hydrogens (tertiary/aromatic N) is 2. The van der Waals surface area contributed by atoms with Crippen molar-refractivity contribution in [3.63, 3.8) is 0 Å². The third-order valence-corrected chi connectivity index (χ3v) is 8.93. The van der Waals surface area contributed by atoms with E-state index < -0.39 is 6.10 Å². The summed E-state index contributed by atoms with van der Waals surface area (Å²) in [6.45, 7) is 8.18. The number of carbonyl (C=O) groups is 2. The number of benzene rings is 2. The van der Waals surface area contributed by atoms with E-state index in [0.717, 1.165) is 57.2 Å². The van der Waals surface area contributed by atoms with E-state index in [2.05, 4.69) is 61.0 Å². The van der Waals surface area contributed by atoms with Crippen molar-refractivity contribution in [2.45, 2.75) is 89.7 Å². The van der Waals surface area contributed by atoms with Gasteiger partial charge >= 0.3 is 5.97 Å². The molecule has 2 aliphatic rings. The molecule has 1 saturated carbocycles. The van der Waals surface area contributed by atoms with Crippen molar-refractivity contribution in [2.75, 3.05) is 26.7 Å². The molecule has 6 nitrogen and oxygen atoms in total. The van der Waals surface area contributed by atoms with Gasteiger partial charge in [0.25, 0.3) is 0 Å². The molecule has 2 fully saturated rings. The Hall–Kier alpha value is -2.70. The lowest BCUT2D eigenvalue weighted by Gasteiger charge is -2.56. The lowest BCUT2D eigenvalue weighted by Crippen LogP contribution is -2.61. The van der Waals surface area contributed by atoms with E-state index in [1.165, 1.54) is 12.5 Å². The molecule has 1 N–H and O–H groups in total. The number of piperidine rings is 1. The molecule has 2 aromatic carbocycles. The van der Waals surface area contributed by atoms with Crippen molar-refractivity contribution in [1.29, 1.82) is 0 Å². The normalized spacial score (nSPS) is 24.9. The number of aliphatic hydroxyl groups excluding tert-OH is 1. The van der Waals surface area contributed by atoms with Crippen LogP contribution in [0.1, 0.15) is 76.8 Å². The fraction of sp³-hybridized carbons (Fsp3) is 0.588. The van der Waals surface area contributed by atoms with Crippen LogP contribution in [0.25, 0.3) is 0 Å². The molecule has 6 heteroatoms. The first-order valence-electron chi connectivity index (χ1n) is 15.2. The van der Waals surface area contributed by atoms with Gasteiger partial charge in [-0.05, 0) is 81.3 Å². The van der Waals surface area contributed by atoms with E-state index >= 15 is 0 Å². The maximum absolute atomic E-state index is 13.7. The third-order valence-electron chi connectivity index (χ3n) is 8.93. The largest absolute Gasteiger partial charge is 0.427 e. The zero-order valence-corrected chi connectivity index (χ0v) is 24.9. The van der Waals surface area contributed by atoms with E-state index in [1.807, 2.05) is 24.3 Å². The standard InChI is InChI=1S/C34H48N2O4/c1-25(2)23-36(33(39)17-10-6-9-14-27-12-7-5-8-13-27)29-21-32(38)31-24-35(4)19-18-34(31,22-29)28-15-11-16-30(20-28)40-26(3)37/h5,7-8,11-13,15-16,20,25,29,31-32,38H,6,9-10,14,17-19,21-24H2,1-4H3. The minimum Gasteiger partial charge on any atom is -0.427 e. The number of esters is 1. The molecule has 4 atom stereocenters. The zero-order chi connectivity index (χ0) is 28.7. The van der Waals surface area contributed by atoms with Crippen molar-refractivity contribution in [3.8, 4) is 5.75 Å². The van der Waals surface area contributed by atoms with Crippen molar-refractivity contribution in [2.24, 2.45) is 11.8 Å². The minimum absolute atomic E-state index is 0.0220. The van der Waals surface area contributed by atoms with Crippen LogP contribution in [-0.2, 0) is 21.4 Å². The van der Waals surface area contributed by atoms with Gasteiger partial charge in [0.1, 0.15) is 5.75 Å². The van der Waals surface area contributed by atoms with E-state index in [0.29, 0.717) is 31.1 Å². The number of aryl methyl sites for hydroxylation is 1. The number of carbonyl (C=O) groups excluding carboxylic acids is 2. The van der Waals surface area contributed by atoms with E-state index in [4.69, 9.17) is 4.74 Å². The Balaban J connectivity index is 1.51. The summed E-state index contributed by atoms with van der Waals surface area (Å²) in [7, 11) is 2.12. The number of ether oxygens (including phenoxy) is 1. The number of aliphatic hydroxyl groups is 1. The van der Waals surface area contributed by atoms with E-state index in [1.54, 1.807) is 0 Å². The minimum atomic E-state index is -0.507.